The Morgan fingerprint density at radius 3 is 2.40 bits per heavy atom. The number of anilines is 1. The van der Waals surface area contributed by atoms with Crippen molar-refractivity contribution in [2.24, 2.45) is 10.8 Å². The Bertz CT molecular complexity index is 1110. The lowest BCUT2D eigenvalue weighted by Crippen LogP contribution is -2.46. The van der Waals surface area contributed by atoms with Crippen LogP contribution >= 0.6 is 0 Å². The SMILES string of the molecule is NC(=O)C1CC(C(=O)NC2CCN(Cc3cccc(C(F)(F)F)c3)CC2)=NN1c1ccc(F)cc1. The van der Waals surface area contributed by atoms with Gasteiger partial charge in [0.15, 0.2) is 0 Å². The topological polar surface area (TPSA) is 91.0 Å². The summed E-state index contributed by atoms with van der Waals surface area (Å²) < 4.78 is 52.1. The summed E-state index contributed by atoms with van der Waals surface area (Å²) >= 11 is 0. The zero-order valence-electron chi connectivity index (χ0n) is 18.8. The smallest absolute Gasteiger partial charge is 0.368 e. The van der Waals surface area contributed by atoms with Crippen molar-refractivity contribution in [2.75, 3.05) is 18.1 Å². The van der Waals surface area contributed by atoms with Gasteiger partial charge in [-0.15, -0.1) is 0 Å². The quantitative estimate of drug-likeness (QED) is 0.608. The summed E-state index contributed by atoms with van der Waals surface area (Å²) in [6, 6.07) is 9.68. The minimum atomic E-state index is -4.38. The molecule has 1 fully saturated rings. The van der Waals surface area contributed by atoms with Crippen molar-refractivity contribution in [1.29, 1.82) is 0 Å². The van der Waals surface area contributed by atoms with Gasteiger partial charge in [-0.3, -0.25) is 19.5 Å². The number of alkyl halides is 3. The number of hydrogen-bond acceptors (Lipinski definition) is 5. The number of carbonyl (C=O) groups is 2. The number of hydrogen-bond donors (Lipinski definition) is 2. The van der Waals surface area contributed by atoms with E-state index in [1.165, 1.54) is 35.3 Å². The van der Waals surface area contributed by atoms with Crippen LogP contribution in [0.15, 0.2) is 53.6 Å². The Kier molecular flexibility index (Phi) is 7.06. The van der Waals surface area contributed by atoms with Crippen LogP contribution < -0.4 is 16.1 Å². The molecular formula is C24H25F4N5O2. The molecule has 2 aromatic rings. The van der Waals surface area contributed by atoms with Crippen LogP contribution in [0.1, 0.15) is 30.4 Å². The first kappa shape index (κ1) is 24.6. The minimum Gasteiger partial charge on any atom is -0.368 e. The molecule has 7 nitrogen and oxygen atoms in total. The lowest BCUT2D eigenvalue weighted by atomic mass is 10.0. The molecular weight excluding hydrogens is 466 g/mol. The molecule has 2 amide bonds. The Hall–Kier alpha value is -3.47. The van der Waals surface area contributed by atoms with Crippen LogP contribution in [0.3, 0.4) is 0 Å². The number of amides is 2. The van der Waals surface area contributed by atoms with E-state index in [4.69, 9.17) is 5.73 Å². The van der Waals surface area contributed by atoms with Gasteiger partial charge in [0.1, 0.15) is 17.6 Å². The molecule has 2 aliphatic heterocycles. The van der Waals surface area contributed by atoms with Crippen molar-refractivity contribution in [3.63, 3.8) is 0 Å². The molecule has 2 aromatic carbocycles. The second-order valence-corrected chi connectivity index (χ2v) is 8.71. The summed E-state index contributed by atoms with van der Waals surface area (Å²) in [5.41, 5.74) is 6.00. The van der Waals surface area contributed by atoms with Crippen molar-refractivity contribution >= 4 is 23.2 Å². The Morgan fingerprint density at radius 1 is 1.09 bits per heavy atom. The average molecular weight is 491 g/mol. The molecule has 1 unspecified atom stereocenters. The van der Waals surface area contributed by atoms with Crippen molar-refractivity contribution < 1.29 is 27.2 Å². The van der Waals surface area contributed by atoms with E-state index in [0.717, 1.165) is 12.1 Å². The molecule has 11 heteroatoms. The maximum absolute atomic E-state index is 13.3. The fourth-order valence-electron chi connectivity index (χ4n) is 4.31. The van der Waals surface area contributed by atoms with E-state index in [1.807, 2.05) is 4.90 Å². The van der Waals surface area contributed by atoms with Gasteiger partial charge < -0.3 is 11.1 Å². The first-order chi connectivity index (χ1) is 16.6. The van der Waals surface area contributed by atoms with Gasteiger partial charge in [0, 0.05) is 32.1 Å². The van der Waals surface area contributed by atoms with Gasteiger partial charge in [-0.25, -0.2) is 4.39 Å². The fraction of sp³-hybridized carbons (Fsp3) is 0.375. The highest BCUT2D eigenvalue weighted by Gasteiger charge is 2.36. The zero-order chi connectivity index (χ0) is 25.2. The minimum absolute atomic E-state index is 0.0347. The molecule has 35 heavy (non-hydrogen) atoms. The number of halogens is 4. The molecule has 0 aromatic heterocycles. The molecule has 1 atom stereocenters. The van der Waals surface area contributed by atoms with Gasteiger partial charge in [0.05, 0.1) is 11.3 Å². The van der Waals surface area contributed by atoms with E-state index in [9.17, 15) is 27.2 Å². The standard InChI is InChI=1S/C24H25F4N5O2/c25-17-4-6-19(7-5-17)33-21(22(29)34)13-20(31-33)23(35)30-18-8-10-32(11-9-18)14-15-2-1-3-16(12-15)24(26,27)28/h1-7,12,18,21H,8-11,13-14H2,(H2,29,34)(H,30,35). The van der Waals surface area contributed by atoms with Gasteiger partial charge in [-0.1, -0.05) is 18.2 Å². The van der Waals surface area contributed by atoms with E-state index in [1.54, 1.807) is 6.07 Å². The first-order valence-corrected chi connectivity index (χ1v) is 11.2. The van der Waals surface area contributed by atoms with Crippen molar-refractivity contribution in [1.82, 2.24) is 10.2 Å². The summed E-state index contributed by atoms with van der Waals surface area (Å²) in [6.07, 6.45) is -3.10. The monoisotopic (exact) mass is 491 g/mol. The molecule has 2 heterocycles. The largest absolute Gasteiger partial charge is 0.416 e. The predicted molar refractivity (Wildman–Crippen MR) is 122 cm³/mol. The van der Waals surface area contributed by atoms with E-state index < -0.39 is 35.4 Å². The number of nitrogens with two attached hydrogens (primary N) is 1. The summed E-state index contributed by atoms with van der Waals surface area (Å²) in [5, 5.41) is 8.53. The number of nitrogens with zero attached hydrogens (tertiary/aromatic N) is 3. The summed E-state index contributed by atoms with van der Waals surface area (Å²) in [4.78, 5) is 26.8. The third kappa shape index (κ3) is 5.97. The van der Waals surface area contributed by atoms with Crippen molar-refractivity contribution in [3.05, 3.63) is 65.5 Å². The lowest BCUT2D eigenvalue weighted by molar-refractivity contribution is -0.137. The van der Waals surface area contributed by atoms with Gasteiger partial charge in [0.25, 0.3) is 5.91 Å². The van der Waals surface area contributed by atoms with Crippen molar-refractivity contribution in [3.8, 4) is 0 Å². The van der Waals surface area contributed by atoms with Crippen LogP contribution in [0.2, 0.25) is 0 Å². The lowest BCUT2D eigenvalue weighted by Gasteiger charge is -2.32. The highest BCUT2D eigenvalue weighted by atomic mass is 19.4. The van der Waals surface area contributed by atoms with E-state index >= 15 is 0 Å². The maximum atomic E-state index is 13.3. The maximum Gasteiger partial charge on any atom is 0.416 e. The third-order valence-corrected chi connectivity index (χ3v) is 6.18. The molecule has 0 bridgehead atoms. The first-order valence-electron chi connectivity index (χ1n) is 11.2. The third-order valence-electron chi connectivity index (χ3n) is 6.18. The molecule has 4 rings (SSSR count). The van der Waals surface area contributed by atoms with Crippen LogP contribution in [0.4, 0.5) is 23.2 Å². The van der Waals surface area contributed by atoms with Crippen LogP contribution in [0, 0.1) is 5.82 Å². The van der Waals surface area contributed by atoms with Crippen LogP contribution in [-0.4, -0.2) is 47.6 Å². The molecule has 1 saturated heterocycles. The van der Waals surface area contributed by atoms with Gasteiger partial charge in [-0.2, -0.15) is 18.3 Å². The second-order valence-electron chi connectivity index (χ2n) is 8.71. The van der Waals surface area contributed by atoms with E-state index in [0.29, 0.717) is 43.7 Å². The van der Waals surface area contributed by atoms with Crippen molar-refractivity contribution in [2.45, 2.75) is 44.1 Å². The number of benzene rings is 2. The highest BCUT2D eigenvalue weighted by molar-refractivity contribution is 6.40. The van der Waals surface area contributed by atoms with Crippen LogP contribution in [0.25, 0.3) is 0 Å². The summed E-state index contributed by atoms with van der Waals surface area (Å²) in [5.74, 6) is -1.49. The summed E-state index contributed by atoms with van der Waals surface area (Å²) in [6.45, 7) is 1.61. The van der Waals surface area contributed by atoms with Crippen LogP contribution in [0.5, 0.6) is 0 Å². The molecule has 0 saturated carbocycles. The molecule has 3 N–H and O–H groups in total. The van der Waals surface area contributed by atoms with Crippen LogP contribution in [-0.2, 0) is 22.3 Å². The second kappa shape index (κ2) is 10.0. The number of primary amides is 1. The highest BCUT2D eigenvalue weighted by Crippen LogP contribution is 2.30. The number of hydrazone groups is 1. The number of nitrogens with one attached hydrogen (secondary N) is 1. The Morgan fingerprint density at radius 2 is 1.77 bits per heavy atom. The van der Waals surface area contributed by atoms with E-state index in [-0.39, 0.29) is 18.2 Å². The molecule has 186 valence electrons. The number of rotatable bonds is 6. The van der Waals surface area contributed by atoms with Gasteiger partial charge in [0.2, 0.25) is 5.91 Å². The number of piperidine rings is 1. The number of likely N-dealkylation sites (tertiary alicyclic amines) is 1. The average Bonchev–Trinajstić information content (AvgIpc) is 3.27. The predicted octanol–water partition coefficient (Wildman–Crippen LogP) is 3.05. The number of carbonyl (C=O) groups excluding carboxylic acids is 2. The molecule has 0 aliphatic carbocycles. The Balaban J connectivity index is 1.33. The Labute approximate surface area is 199 Å². The normalized spacial score (nSPS) is 19.5. The zero-order valence-corrected chi connectivity index (χ0v) is 18.8. The molecule has 2 aliphatic rings. The fourth-order valence-corrected chi connectivity index (χ4v) is 4.31. The van der Waals surface area contributed by atoms with E-state index in [2.05, 4.69) is 10.4 Å². The summed E-state index contributed by atoms with van der Waals surface area (Å²) in [7, 11) is 0. The van der Waals surface area contributed by atoms with Gasteiger partial charge in [-0.05, 0) is 48.7 Å². The van der Waals surface area contributed by atoms with Gasteiger partial charge >= 0.3 is 6.18 Å². The molecule has 0 spiro atoms. The molecule has 0 radical (unpaired) electrons.